The van der Waals surface area contributed by atoms with Crippen LogP contribution < -0.4 is 10.6 Å². The van der Waals surface area contributed by atoms with E-state index in [9.17, 15) is 0 Å². The number of hydrogen-bond acceptors (Lipinski definition) is 2. The highest BCUT2D eigenvalue weighted by Gasteiger charge is 2.02. The average molecular weight is 177 g/mol. The Morgan fingerprint density at radius 3 is 2.23 bits per heavy atom. The van der Waals surface area contributed by atoms with Gasteiger partial charge in [-0.1, -0.05) is 13.8 Å². The molecule has 0 aliphatic carbocycles. The third kappa shape index (κ3) is 2.98. The summed E-state index contributed by atoms with van der Waals surface area (Å²) >= 11 is 0. The number of anilines is 2. The van der Waals surface area contributed by atoms with Crippen molar-refractivity contribution in [2.75, 3.05) is 24.2 Å². The molecule has 0 bridgehead atoms. The van der Waals surface area contributed by atoms with Crippen LogP contribution in [0.4, 0.5) is 11.4 Å². The Morgan fingerprint density at radius 1 is 1.23 bits per heavy atom. The van der Waals surface area contributed by atoms with Crippen LogP contribution in [0.2, 0.25) is 0 Å². The number of nitrogens with zero attached hydrogens (tertiary/aromatic N) is 1. The normalized spacial score (nSPS) is 10.5. The van der Waals surface area contributed by atoms with Gasteiger partial charge in [-0.3, -0.25) is 0 Å². The number of hydrogen-bond donors (Lipinski definition) is 1. The van der Waals surface area contributed by atoms with Crippen molar-refractivity contribution < 1.29 is 0 Å². The van der Waals surface area contributed by atoms with Crippen LogP contribution in [-0.2, 0) is 0 Å². The van der Waals surface area contributed by atoms with E-state index >= 15 is 0 Å². The minimum Gasteiger partial charge on any atom is -0.399 e. The lowest BCUT2D eigenvalue weighted by molar-refractivity contribution is 0.882. The molecule has 1 aromatic carbocycles. The molecule has 0 unspecified atom stereocenters. The summed E-state index contributed by atoms with van der Waals surface area (Å²) in [5.74, 6) is 1.40. The SMILES string of the molecule is C[C](C)CN(C)c1ccc(N)cc1. The lowest BCUT2D eigenvalue weighted by Gasteiger charge is -2.21. The Morgan fingerprint density at radius 2 is 1.77 bits per heavy atom. The van der Waals surface area contributed by atoms with E-state index < -0.39 is 0 Å². The van der Waals surface area contributed by atoms with Crippen LogP contribution in [-0.4, -0.2) is 13.6 Å². The van der Waals surface area contributed by atoms with Crippen molar-refractivity contribution in [1.29, 1.82) is 0 Å². The van der Waals surface area contributed by atoms with Crippen LogP contribution in [0.3, 0.4) is 0 Å². The molecule has 71 valence electrons. The van der Waals surface area contributed by atoms with Gasteiger partial charge in [-0.05, 0) is 30.2 Å². The largest absolute Gasteiger partial charge is 0.399 e. The molecule has 0 atom stereocenters. The van der Waals surface area contributed by atoms with Crippen molar-refractivity contribution in [3.8, 4) is 0 Å². The second kappa shape index (κ2) is 4.17. The summed E-state index contributed by atoms with van der Waals surface area (Å²) in [6, 6.07) is 7.93. The summed E-state index contributed by atoms with van der Waals surface area (Å²) in [7, 11) is 2.08. The minimum absolute atomic E-state index is 0.814. The molecule has 0 aliphatic rings. The van der Waals surface area contributed by atoms with E-state index in [0.29, 0.717) is 0 Å². The fourth-order valence-electron chi connectivity index (χ4n) is 1.29. The zero-order chi connectivity index (χ0) is 9.84. The molecule has 0 saturated heterocycles. The fraction of sp³-hybridized carbons (Fsp3) is 0.364. The van der Waals surface area contributed by atoms with Gasteiger partial charge < -0.3 is 10.6 Å². The van der Waals surface area contributed by atoms with Gasteiger partial charge in [-0.25, -0.2) is 0 Å². The van der Waals surface area contributed by atoms with Crippen molar-refractivity contribution in [1.82, 2.24) is 0 Å². The molecule has 0 spiro atoms. The van der Waals surface area contributed by atoms with E-state index in [2.05, 4.69) is 25.8 Å². The standard InChI is InChI=1S/C11H17N2/c1-9(2)8-13(3)11-6-4-10(12)5-7-11/h4-7H,8,12H2,1-3H3. The van der Waals surface area contributed by atoms with Crippen molar-refractivity contribution in [2.45, 2.75) is 13.8 Å². The van der Waals surface area contributed by atoms with Gasteiger partial charge in [-0.15, -0.1) is 0 Å². The zero-order valence-corrected chi connectivity index (χ0v) is 8.54. The maximum Gasteiger partial charge on any atom is 0.0365 e. The van der Waals surface area contributed by atoms with E-state index in [-0.39, 0.29) is 0 Å². The second-order valence-corrected chi connectivity index (χ2v) is 3.65. The van der Waals surface area contributed by atoms with Crippen LogP contribution in [0.25, 0.3) is 0 Å². The van der Waals surface area contributed by atoms with Crippen LogP contribution >= 0.6 is 0 Å². The van der Waals surface area contributed by atoms with E-state index in [1.54, 1.807) is 0 Å². The van der Waals surface area contributed by atoms with Crippen molar-refractivity contribution in [2.24, 2.45) is 0 Å². The lowest BCUT2D eigenvalue weighted by Crippen LogP contribution is -2.21. The molecule has 0 saturated carbocycles. The molecule has 1 radical (unpaired) electrons. The number of benzene rings is 1. The number of nitrogens with two attached hydrogens (primary N) is 1. The van der Waals surface area contributed by atoms with Gasteiger partial charge in [0.05, 0.1) is 0 Å². The first-order valence-corrected chi connectivity index (χ1v) is 4.45. The molecule has 1 rings (SSSR count). The van der Waals surface area contributed by atoms with E-state index in [1.807, 2.05) is 24.3 Å². The summed E-state index contributed by atoms with van der Waals surface area (Å²) < 4.78 is 0. The van der Waals surface area contributed by atoms with Gasteiger partial charge in [-0.2, -0.15) is 0 Å². The maximum absolute atomic E-state index is 5.60. The monoisotopic (exact) mass is 177 g/mol. The molecule has 0 fully saturated rings. The van der Waals surface area contributed by atoms with Crippen LogP contribution in [0.15, 0.2) is 24.3 Å². The number of rotatable bonds is 3. The molecule has 2 N–H and O–H groups in total. The zero-order valence-electron chi connectivity index (χ0n) is 8.54. The fourth-order valence-corrected chi connectivity index (χ4v) is 1.29. The third-order valence-electron chi connectivity index (χ3n) is 1.89. The maximum atomic E-state index is 5.60. The van der Waals surface area contributed by atoms with Gasteiger partial charge in [0, 0.05) is 25.0 Å². The molecule has 2 nitrogen and oxygen atoms in total. The molecule has 2 heteroatoms. The van der Waals surface area contributed by atoms with E-state index in [4.69, 9.17) is 5.73 Å². The number of nitrogen functional groups attached to an aromatic ring is 1. The second-order valence-electron chi connectivity index (χ2n) is 3.65. The Labute approximate surface area is 80.4 Å². The summed E-state index contributed by atoms with van der Waals surface area (Å²) in [6.07, 6.45) is 0. The van der Waals surface area contributed by atoms with Gasteiger partial charge in [0.25, 0.3) is 0 Å². The highest BCUT2D eigenvalue weighted by atomic mass is 15.1. The summed E-state index contributed by atoms with van der Waals surface area (Å²) in [5.41, 5.74) is 7.62. The average Bonchev–Trinajstić information content (AvgIpc) is 2.04. The molecule has 13 heavy (non-hydrogen) atoms. The quantitative estimate of drug-likeness (QED) is 0.718. The molecule has 0 aliphatic heterocycles. The van der Waals surface area contributed by atoms with E-state index in [1.165, 1.54) is 11.6 Å². The highest BCUT2D eigenvalue weighted by Crippen LogP contribution is 2.15. The van der Waals surface area contributed by atoms with Gasteiger partial charge in [0.1, 0.15) is 0 Å². The summed E-state index contributed by atoms with van der Waals surface area (Å²) in [4.78, 5) is 2.20. The molecular formula is C11H17N2. The van der Waals surface area contributed by atoms with Crippen LogP contribution in [0, 0.1) is 5.92 Å². The molecule has 0 heterocycles. The Hall–Kier alpha value is -1.18. The smallest absolute Gasteiger partial charge is 0.0365 e. The van der Waals surface area contributed by atoms with E-state index in [0.717, 1.165) is 12.2 Å². The summed E-state index contributed by atoms with van der Waals surface area (Å²) in [5, 5.41) is 0. The third-order valence-corrected chi connectivity index (χ3v) is 1.89. The topological polar surface area (TPSA) is 29.3 Å². The van der Waals surface area contributed by atoms with Gasteiger partial charge in [0.2, 0.25) is 0 Å². The minimum atomic E-state index is 0.814. The first kappa shape index (κ1) is 9.90. The van der Waals surface area contributed by atoms with Crippen molar-refractivity contribution in [3.05, 3.63) is 30.2 Å². The van der Waals surface area contributed by atoms with Gasteiger partial charge >= 0.3 is 0 Å². The Balaban J connectivity index is 2.66. The van der Waals surface area contributed by atoms with Gasteiger partial charge in [0.15, 0.2) is 0 Å². The highest BCUT2D eigenvalue weighted by molar-refractivity contribution is 5.52. The molecule has 0 aromatic heterocycles. The molecular weight excluding hydrogens is 160 g/mol. The Kier molecular flexibility index (Phi) is 3.18. The predicted molar refractivity (Wildman–Crippen MR) is 58.7 cm³/mol. The predicted octanol–water partition coefficient (Wildman–Crippen LogP) is 2.32. The first-order valence-electron chi connectivity index (χ1n) is 4.45. The van der Waals surface area contributed by atoms with Crippen LogP contribution in [0.1, 0.15) is 13.8 Å². The summed E-state index contributed by atoms with van der Waals surface area (Å²) in [6.45, 7) is 5.26. The Bertz CT molecular complexity index is 251. The van der Waals surface area contributed by atoms with Crippen molar-refractivity contribution >= 4 is 11.4 Å². The molecule has 0 amide bonds. The van der Waals surface area contributed by atoms with Crippen molar-refractivity contribution in [3.63, 3.8) is 0 Å². The lowest BCUT2D eigenvalue weighted by atomic mass is 10.2. The molecule has 1 aromatic rings. The first-order chi connectivity index (χ1) is 6.09. The van der Waals surface area contributed by atoms with Crippen LogP contribution in [0.5, 0.6) is 0 Å².